The van der Waals surface area contributed by atoms with Gasteiger partial charge in [-0.05, 0) is 66.9 Å². The van der Waals surface area contributed by atoms with Crippen molar-refractivity contribution in [1.29, 1.82) is 0 Å². The summed E-state index contributed by atoms with van der Waals surface area (Å²) in [7, 11) is 1.79. The minimum Gasteiger partial charge on any atom is -0.319 e. The van der Waals surface area contributed by atoms with Crippen LogP contribution in [0.4, 0.5) is 5.69 Å². The lowest BCUT2D eigenvalue weighted by molar-refractivity contribution is -0.115. The molecule has 9 nitrogen and oxygen atoms in total. The molecule has 0 spiro atoms. The number of amides is 1. The highest BCUT2D eigenvalue weighted by atomic mass is 32.2. The Bertz CT molecular complexity index is 1360. The summed E-state index contributed by atoms with van der Waals surface area (Å²) < 4.78 is 4.89. The van der Waals surface area contributed by atoms with Crippen molar-refractivity contribution >= 4 is 23.4 Å². The molecule has 1 atom stereocenters. The summed E-state index contributed by atoms with van der Waals surface area (Å²) >= 11 is 1.24. The molecule has 0 fully saturated rings. The first-order valence-electron chi connectivity index (χ1n) is 11.6. The van der Waals surface area contributed by atoms with Gasteiger partial charge in [-0.15, -0.1) is 5.10 Å². The van der Waals surface area contributed by atoms with Crippen LogP contribution in [-0.2, 0) is 18.3 Å². The summed E-state index contributed by atoms with van der Waals surface area (Å²) in [5.41, 5.74) is 3.47. The second kappa shape index (κ2) is 10.7. The zero-order valence-electron chi connectivity index (χ0n) is 20.3. The molecule has 0 aliphatic rings. The molecule has 0 saturated carbocycles. The third-order valence-corrected chi connectivity index (χ3v) is 6.93. The molecule has 1 amide bonds. The highest BCUT2D eigenvalue weighted by Gasteiger charge is 2.23. The first kappa shape index (κ1) is 24.5. The molecule has 4 aromatic rings. The topological polar surface area (TPSA) is 99.6 Å². The second-order valence-corrected chi connectivity index (χ2v) is 9.64. The molecule has 35 heavy (non-hydrogen) atoms. The Labute approximate surface area is 208 Å². The molecule has 0 unspecified atom stereocenters. The maximum atomic E-state index is 13.1. The van der Waals surface area contributed by atoms with Crippen LogP contribution < -0.4 is 10.9 Å². The molecule has 2 aromatic heterocycles. The standard InChI is InChI=1S/C25H29N7O2S/c1-5-6-10-19-13-15-20(16-14-19)31-25(27-28-29-31)35-18(3)23(33)26-22-17(2)30(4)32(24(22)34)21-11-8-7-9-12-21/h7-9,11-16,18H,5-6,10H2,1-4H3,(H,26,33)/t18-/m0/s1. The van der Waals surface area contributed by atoms with E-state index in [0.717, 1.165) is 30.6 Å². The van der Waals surface area contributed by atoms with Gasteiger partial charge in [0.25, 0.3) is 5.56 Å². The molecule has 1 N–H and O–H groups in total. The predicted octanol–water partition coefficient (Wildman–Crippen LogP) is 3.92. The SMILES string of the molecule is CCCCc1ccc(-n2nnnc2S[C@@H](C)C(=O)Nc2c(C)n(C)n(-c3ccccc3)c2=O)cc1. The molecule has 0 radical (unpaired) electrons. The normalized spacial score (nSPS) is 12.0. The van der Waals surface area contributed by atoms with Crippen LogP contribution in [0.2, 0.25) is 0 Å². The quantitative estimate of drug-likeness (QED) is 0.356. The highest BCUT2D eigenvalue weighted by molar-refractivity contribution is 8.00. The molecule has 4 rings (SSSR count). The van der Waals surface area contributed by atoms with Crippen molar-refractivity contribution in [3.8, 4) is 11.4 Å². The van der Waals surface area contributed by atoms with Gasteiger partial charge in [-0.25, -0.2) is 4.68 Å². The van der Waals surface area contributed by atoms with Gasteiger partial charge >= 0.3 is 0 Å². The number of thioether (sulfide) groups is 1. The van der Waals surface area contributed by atoms with Gasteiger partial charge in [0, 0.05) is 7.05 Å². The van der Waals surface area contributed by atoms with E-state index in [1.165, 1.54) is 22.0 Å². The van der Waals surface area contributed by atoms with E-state index in [4.69, 9.17) is 0 Å². The van der Waals surface area contributed by atoms with Gasteiger partial charge in [-0.2, -0.15) is 4.68 Å². The van der Waals surface area contributed by atoms with Gasteiger partial charge in [0.1, 0.15) is 5.69 Å². The van der Waals surface area contributed by atoms with Gasteiger partial charge in [-0.1, -0.05) is 55.4 Å². The number of aromatic nitrogens is 6. The number of para-hydroxylation sites is 1. The fraction of sp³-hybridized carbons (Fsp3) is 0.320. The molecule has 0 aliphatic heterocycles. The molecule has 0 bridgehead atoms. The van der Waals surface area contributed by atoms with Crippen LogP contribution in [0, 0.1) is 6.92 Å². The lowest BCUT2D eigenvalue weighted by Gasteiger charge is -2.11. The molecule has 0 saturated heterocycles. The molecule has 182 valence electrons. The van der Waals surface area contributed by atoms with E-state index in [9.17, 15) is 9.59 Å². The number of benzene rings is 2. The van der Waals surface area contributed by atoms with Crippen LogP contribution in [0.25, 0.3) is 11.4 Å². The highest BCUT2D eigenvalue weighted by Crippen LogP contribution is 2.24. The number of rotatable bonds is 9. The van der Waals surface area contributed by atoms with Crippen molar-refractivity contribution in [2.24, 2.45) is 7.05 Å². The van der Waals surface area contributed by atoms with Crippen LogP contribution in [0.5, 0.6) is 0 Å². The second-order valence-electron chi connectivity index (χ2n) is 8.33. The summed E-state index contributed by atoms with van der Waals surface area (Å²) in [6, 6.07) is 17.4. The number of nitrogens with one attached hydrogen (secondary N) is 1. The maximum absolute atomic E-state index is 13.1. The zero-order chi connectivity index (χ0) is 24.9. The fourth-order valence-corrected chi connectivity index (χ4v) is 4.56. The summed E-state index contributed by atoms with van der Waals surface area (Å²) in [6.07, 6.45) is 3.34. The van der Waals surface area contributed by atoms with E-state index in [0.29, 0.717) is 10.9 Å². The number of hydrogen-bond acceptors (Lipinski definition) is 6. The first-order valence-corrected chi connectivity index (χ1v) is 12.5. The van der Waals surface area contributed by atoms with E-state index in [-0.39, 0.29) is 17.2 Å². The van der Waals surface area contributed by atoms with Crippen LogP contribution in [-0.4, -0.2) is 40.7 Å². The first-order chi connectivity index (χ1) is 16.9. The van der Waals surface area contributed by atoms with Crippen LogP contribution in [0.3, 0.4) is 0 Å². The summed E-state index contributed by atoms with van der Waals surface area (Å²) in [5.74, 6) is -0.300. The van der Waals surface area contributed by atoms with E-state index < -0.39 is 5.25 Å². The Morgan fingerprint density at radius 2 is 1.80 bits per heavy atom. The smallest absolute Gasteiger partial charge is 0.295 e. The van der Waals surface area contributed by atoms with Crippen LogP contribution in [0.15, 0.2) is 64.5 Å². The van der Waals surface area contributed by atoms with E-state index in [1.54, 1.807) is 30.3 Å². The summed E-state index contributed by atoms with van der Waals surface area (Å²) in [6.45, 7) is 5.74. The molecule has 0 aliphatic carbocycles. The van der Waals surface area contributed by atoms with Gasteiger partial charge in [-0.3, -0.25) is 14.3 Å². The average molecular weight is 492 g/mol. The fourth-order valence-electron chi connectivity index (χ4n) is 3.75. The van der Waals surface area contributed by atoms with Crippen molar-refractivity contribution in [2.75, 3.05) is 5.32 Å². The lowest BCUT2D eigenvalue weighted by atomic mass is 10.1. The van der Waals surface area contributed by atoms with Gasteiger partial charge in [0.05, 0.1) is 22.3 Å². The maximum Gasteiger partial charge on any atom is 0.295 e. The van der Waals surface area contributed by atoms with Crippen molar-refractivity contribution in [1.82, 2.24) is 29.6 Å². The Balaban J connectivity index is 1.49. The van der Waals surface area contributed by atoms with Crippen LogP contribution in [0.1, 0.15) is 37.9 Å². The molecule has 2 aromatic carbocycles. The molecule has 2 heterocycles. The number of anilines is 1. The number of carbonyl (C=O) groups excluding carboxylic acids is 1. The van der Waals surface area contributed by atoms with Gasteiger partial charge in [0.15, 0.2) is 0 Å². The minimum absolute atomic E-state index is 0.260. The van der Waals surface area contributed by atoms with Crippen molar-refractivity contribution in [2.45, 2.75) is 50.4 Å². The summed E-state index contributed by atoms with van der Waals surface area (Å²) in [5, 5.41) is 14.8. The minimum atomic E-state index is -0.534. The number of tetrazole rings is 1. The number of carbonyl (C=O) groups is 1. The summed E-state index contributed by atoms with van der Waals surface area (Å²) in [4.78, 5) is 26.1. The third-order valence-electron chi connectivity index (χ3n) is 5.89. The number of hydrogen-bond donors (Lipinski definition) is 1. The zero-order valence-corrected chi connectivity index (χ0v) is 21.1. The predicted molar refractivity (Wildman–Crippen MR) is 137 cm³/mol. The average Bonchev–Trinajstić information content (AvgIpc) is 3.41. The number of nitrogens with zero attached hydrogens (tertiary/aromatic N) is 6. The molecule has 10 heteroatoms. The van der Waals surface area contributed by atoms with Crippen molar-refractivity contribution in [3.63, 3.8) is 0 Å². The number of aryl methyl sites for hydroxylation is 1. The van der Waals surface area contributed by atoms with Gasteiger partial charge < -0.3 is 5.32 Å². The Morgan fingerprint density at radius 3 is 2.49 bits per heavy atom. The molecular weight excluding hydrogens is 462 g/mol. The van der Waals surface area contributed by atoms with Crippen molar-refractivity contribution in [3.05, 3.63) is 76.2 Å². The monoisotopic (exact) mass is 491 g/mol. The lowest BCUT2D eigenvalue weighted by Crippen LogP contribution is -2.27. The van der Waals surface area contributed by atoms with E-state index in [1.807, 2.05) is 42.5 Å². The Hall–Kier alpha value is -3.66. The van der Waals surface area contributed by atoms with E-state index in [2.05, 4.69) is 39.9 Å². The largest absolute Gasteiger partial charge is 0.319 e. The molecular formula is C25H29N7O2S. The number of unbranched alkanes of at least 4 members (excludes halogenated alkanes) is 1. The Kier molecular flexibility index (Phi) is 7.50. The third kappa shape index (κ3) is 5.22. The van der Waals surface area contributed by atoms with Crippen LogP contribution >= 0.6 is 11.8 Å². The Morgan fingerprint density at radius 1 is 1.09 bits per heavy atom. The van der Waals surface area contributed by atoms with E-state index >= 15 is 0 Å². The van der Waals surface area contributed by atoms with Crippen molar-refractivity contribution < 1.29 is 4.79 Å². The van der Waals surface area contributed by atoms with Gasteiger partial charge in [0.2, 0.25) is 11.1 Å².